The van der Waals surface area contributed by atoms with Crippen molar-refractivity contribution in [2.75, 3.05) is 20.4 Å². The summed E-state index contributed by atoms with van der Waals surface area (Å²) >= 11 is 6.03. The van der Waals surface area contributed by atoms with Gasteiger partial charge in [0.15, 0.2) is 11.5 Å². The second kappa shape index (κ2) is 6.25. The maximum atomic E-state index is 12.2. The number of rotatable bonds is 7. The zero-order chi connectivity index (χ0) is 13.0. The molecule has 0 unspecified atom stereocenters. The summed E-state index contributed by atoms with van der Waals surface area (Å²) in [4.78, 5) is 0. The van der Waals surface area contributed by atoms with Crippen molar-refractivity contribution in [1.82, 2.24) is 5.32 Å². The molecule has 100 valence electrons. The first-order valence-electron chi connectivity index (χ1n) is 6.03. The largest absolute Gasteiger partial charge is 0.493 e. The Hall–Kier alpha value is -1.00. The fourth-order valence-corrected chi connectivity index (χ4v) is 1.98. The lowest BCUT2D eigenvalue weighted by atomic mass is 10.2. The molecular weight excluding hydrogens is 257 g/mol. The summed E-state index contributed by atoms with van der Waals surface area (Å²) < 4.78 is 22.9. The van der Waals surface area contributed by atoms with Gasteiger partial charge in [0.25, 0.3) is 0 Å². The molecular formula is C13H17ClFNO2. The number of hydrogen-bond donors (Lipinski definition) is 1. The summed E-state index contributed by atoms with van der Waals surface area (Å²) in [5, 5.41) is 3.97. The third-order valence-corrected chi connectivity index (χ3v) is 3.02. The second-order valence-electron chi connectivity index (χ2n) is 4.29. The van der Waals surface area contributed by atoms with Gasteiger partial charge in [-0.1, -0.05) is 11.6 Å². The van der Waals surface area contributed by atoms with Crippen molar-refractivity contribution in [3.05, 3.63) is 22.7 Å². The number of methoxy groups -OCH3 is 1. The molecule has 0 atom stereocenters. The van der Waals surface area contributed by atoms with Crippen LogP contribution in [0.5, 0.6) is 11.5 Å². The van der Waals surface area contributed by atoms with Gasteiger partial charge in [0.1, 0.15) is 13.3 Å². The Labute approximate surface area is 111 Å². The molecule has 1 N–H and O–H groups in total. The third kappa shape index (κ3) is 3.50. The Balaban J connectivity index is 2.17. The first kappa shape index (κ1) is 13.4. The smallest absolute Gasteiger partial charge is 0.165 e. The predicted octanol–water partition coefficient (Wildman–Crippen LogP) is 2.95. The van der Waals surface area contributed by atoms with Gasteiger partial charge in [-0.25, -0.2) is 4.39 Å². The van der Waals surface area contributed by atoms with Crippen molar-refractivity contribution in [1.29, 1.82) is 0 Å². The van der Waals surface area contributed by atoms with Crippen molar-refractivity contribution >= 4 is 11.6 Å². The highest BCUT2D eigenvalue weighted by Gasteiger charge is 2.21. The summed E-state index contributed by atoms with van der Waals surface area (Å²) in [7, 11) is 1.55. The fourth-order valence-electron chi connectivity index (χ4n) is 1.75. The van der Waals surface area contributed by atoms with Gasteiger partial charge >= 0.3 is 0 Å². The van der Waals surface area contributed by atoms with Crippen LogP contribution in [0.25, 0.3) is 0 Å². The molecule has 1 saturated carbocycles. The van der Waals surface area contributed by atoms with E-state index < -0.39 is 6.67 Å². The predicted molar refractivity (Wildman–Crippen MR) is 69.3 cm³/mol. The third-order valence-electron chi connectivity index (χ3n) is 2.80. The fraction of sp³-hybridized carbons (Fsp3) is 0.538. The Morgan fingerprint density at radius 3 is 2.83 bits per heavy atom. The lowest BCUT2D eigenvalue weighted by Crippen LogP contribution is -2.16. The molecule has 0 aromatic heterocycles. The zero-order valence-electron chi connectivity index (χ0n) is 10.3. The van der Waals surface area contributed by atoms with Gasteiger partial charge in [-0.3, -0.25) is 0 Å². The molecule has 0 radical (unpaired) electrons. The van der Waals surface area contributed by atoms with E-state index in [-0.39, 0.29) is 6.61 Å². The molecule has 18 heavy (non-hydrogen) atoms. The van der Waals surface area contributed by atoms with Crippen LogP contribution in [0.4, 0.5) is 4.39 Å². The van der Waals surface area contributed by atoms with Gasteiger partial charge in [0.2, 0.25) is 0 Å². The minimum absolute atomic E-state index is 0.0222. The molecule has 3 nitrogen and oxygen atoms in total. The normalized spacial score (nSPS) is 14.6. The van der Waals surface area contributed by atoms with E-state index >= 15 is 0 Å². The van der Waals surface area contributed by atoms with E-state index in [1.165, 1.54) is 12.8 Å². The Bertz CT molecular complexity index is 410. The van der Waals surface area contributed by atoms with E-state index in [0.29, 0.717) is 29.1 Å². The average Bonchev–Trinajstić information content (AvgIpc) is 3.18. The topological polar surface area (TPSA) is 30.5 Å². The Morgan fingerprint density at radius 2 is 2.22 bits per heavy atom. The lowest BCUT2D eigenvalue weighted by Gasteiger charge is -2.15. The van der Waals surface area contributed by atoms with E-state index in [9.17, 15) is 4.39 Å². The van der Waals surface area contributed by atoms with Crippen LogP contribution in [0.1, 0.15) is 18.4 Å². The maximum Gasteiger partial charge on any atom is 0.165 e. The molecule has 1 fully saturated rings. The molecule has 0 heterocycles. The minimum Gasteiger partial charge on any atom is -0.493 e. The Kier molecular flexibility index (Phi) is 4.66. The lowest BCUT2D eigenvalue weighted by molar-refractivity contribution is 0.257. The van der Waals surface area contributed by atoms with Crippen LogP contribution < -0.4 is 14.8 Å². The zero-order valence-corrected chi connectivity index (χ0v) is 11.1. The van der Waals surface area contributed by atoms with Crippen molar-refractivity contribution in [3.63, 3.8) is 0 Å². The van der Waals surface area contributed by atoms with Gasteiger partial charge in [0.05, 0.1) is 7.11 Å². The van der Waals surface area contributed by atoms with E-state index in [0.717, 1.165) is 5.56 Å². The number of ether oxygens (including phenoxy) is 2. The first-order chi connectivity index (χ1) is 8.74. The number of benzene rings is 1. The number of halogens is 2. The molecule has 0 amide bonds. The van der Waals surface area contributed by atoms with Gasteiger partial charge in [-0.2, -0.15) is 0 Å². The van der Waals surface area contributed by atoms with Gasteiger partial charge < -0.3 is 14.8 Å². The molecule has 1 aliphatic rings. The highest BCUT2D eigenvalue weighted by Crippen LogP contribution is 2.35. The molecule has 0 bridgehead atoms. The van der Waals surface area contributed by atoms with Gasteiger partial charge in [-0.15, -0.1) is 0 Å². The van der Waals surface area contributed by atoms with Crippen molar-refractivity contribution in [2.45, 2.75) is 25.4 Å². The van der Waals surface area contributed by atoms with E-state index in [1.54, 1.807) is 13.2 Å². The molecule has 0 saturated heterocycles. The monoisotopic (exact) mass is 273 g/mol. The summed E-state index contributed by atoms with van der Waals surface area (Å²) in [5.41, 5.74) is 0.903. The average molecular weight is 274 g/mol. The van der Waals surface area contributed by atoms with Crippen LogP contribution >= 0.6 is 11.6 Å². The molecule has 2 rings (SSSR count). The van der Waals surface area contributed by atoms with Crippen LogP contribution in [0.15, 0.2) is 12.1 Å². The summed E-state index contributed by atoms with van der Waals surface area (Å²) in [6.07, 6.45) is 2.41. The standard InChI is InChI=1S/C13H17ClFNO2/c1-17-12-7-10(14)6-9(8-16-11-2-3-11)13(12)18-5-4-15/h6-7,11,16H,2-5,8H2,1H3. The summed E-state index contributed by atoms with van der Waals surface area (Å²) in [6.45, 7) is 0.152. The van der Waals surface area contributed by atoms with E-state index in [2.05, 4.69) is 5.32 Å². The van der Waals surface area contributed by atoms with Gasteiger partial charge in [0, 0.05) is 29.2 Å². The minimum atomic E-state index is -0.527. The summed E-state index contributed by atoms with van der Waals surface area (Å²) in [6, 6.07) is 4.09. The molecule has 5 heteroatoms. The molecule has 1 aromatic rings. The van der Waals surface area contributed by atoms with E-state index in [1.807, 2.05) is 6.07 Å². The van der Waals surface area contributed by atoms with Gasteiger partial charge in [-0.05, 0) is 18.9 Å². The molecule has 0 spiro atoms. The first-order valence-corrected chi connectivity index (χ1v) is 6.41. The van der Waals surface area contributed by atoms with Crippen molar-refractivity contribution < 1.29 is 13.9 Å². The van der Waals surface area contributed by atoms with Crippen LogP contribution in [0, 0.1) is 0 Å². The van der Waals surface area contributed by atoms with Crippen molar-refractivity contribution in [2.24, 2.45) is 0 Å². The van der Waals surface area contributed by atoms with Crippen molar-refractivity contribution in [3.8, 4) is 11.5 Å². The number of alkyl halides is 1. The SMILES string of the molecule is COc1cc(Cl)cc(CNC2CC2)c1OCCF. The van der Waals surface area contributed by atoms with Crippen LogP contribution in [0.3, 0.4) is 0 Å². The maximum absolute atomic E-state index is 12.2. The molecule has 0 aliphatic heterocycles. The highest BCUT2D eigenvalue weighted by atomic mass is 35.5. The summed E-state index contributed by atoms with van der Waals surface area (Å²) in [5.74, 6) is 1.12. The molecule has 1 aliphatic carbocycles. The van der Waals surface area contributed by atoms with Crippen LogP contribution in [-0.2, 0) is 6.54 Å². The van der Waals surface area contributed by atoms with Crippen LogP contribution in [-0.4, -0.2) is 26.4 Å². The van der Waals surface area contributed by atoms with E-state index in [4.69, 9.17) is 21.1 Å². The Morgan fingerprint density at radius 1 is 1.44 bits per heavy atom. The highest BCUT2D eigenvalue weighted by molar-refractivity contribution is 6.30. The molecule has 1 aromatic carbocycles. The number of hydrogen-bond acceptors (Lipinski definition) is 3. The number of nitrogens with one attached hydrogen (secondary N) is 1. The second-order valence-corrected chi connectivity index (χ2v) is 4.73. The van der Waals surface area contributed by atoms with Crippen LogP contribution in [0.2, 0.25) is 5.02 Å². The quantitative estimate of drug-likeness (QED) is 0.829.